The molecule has 1 aromatic rings. The molecule has 1 aliphatic rings. The monoisotopic (exact) mass is 317 g/mol. The van der Waals surface area contributed by atoms with Crippen molar-refractivity contribution < 1.29 is 32.6 Å². The highest BCUT2D eigenvalue weighted by molar-refractivity contribution is 5.81. The van der Waals surface area contributed by atoms with Crippen LogP contribution in [0.1, 0.15) is 24.0 Å². The van der Waals surface area contributed by atoms with Crippen molar-refractivity contribution in [2.75, 3.05) is 6.54 Å². The molecule has 0 aromatic heterocycles. The highest BCUT2D eigenvalue weighted by atomic mass is 19.4. The molecule has 1 saturated heterocycles. The number of hydrogen-bond donors (Lipinski definition) is 1. The Hall–Kier alpha value is -2.25. The van der Waals surface area contributed by atoms with E-state index in [-0.39, 0.29) is 13.2 Å². The van der Waals surface area contributed by atoms with E-state index in [0.717, 1.165) is 17.0 Å². The second kappa shape index (κ2) is 6.25. The van der Waals surface area contributed by atoms with Crippen LogP contribution in [-0.4, -0.2) is 34.7 Å². The first-order chi connectivity index (χ1) is 10.3. The smallest absolute Gasteiger partial charge is 0.416 e. The number of rotatable bonds is 3. The second-order valence-corrected chi connectivity index (χ2v) is 4.94. The van der Waals surface area contributed by atoms with Gasteiger partial charge in [0.05, 0.1) is 5.56 Å². The maximum absolute atomic E-state index is 12.4. The van der Waals surface area contributed by atoms with Crippen molar-refractivity contribution in [3.63, 3.8) is 0 Å². The zero-order valence-electron chi connectivity index (χ0n) is 11.5. The molecule has 8 heteroatoms. The van der Waals surface area contributed by atoms with Crippen LogP contribution in [0.25, 0.3) is 0 Å². The van der Waals surface area contributed by atoms with Crippen LogP contribution in [0.15, 0.2) is 24.3 Å². The average Bonchev–Trinajstić information content (AvgIpc) is 2.94. The van der Waals surface area contributed by atoms with Crippen LogP contribution in [0.5, 0.6) is 0 Å². The van der Waals surface area contributed by atoms with Crippen LogP contribution < -0.4 is 0 Å². The molecule has 22 heavy (non-hydrogen) atoms. The molecule has 1 aromatic carbocycles. The fourth-order valence-corrected chi connectivity index (χ4v) is 2.28. The first kappa shape index (κ1) is 16.1. The lowest BCUT2D eigenvalue weighted by Gasteiger charge is -2.19. The molecular formula is C14H14F3NO4. The summed E-state index contributed by atoms with van der Waals surface area (Å²) in [4.78, 5) is 23.8. The van der Waals surface area contributed by atoms with Crippen LogP contribution in [0.4, 0.5) is 18.0 Å². The third kappa shape index (κ3) is 3.69. The van der Waals surface area contributed by atoms with Gasteiger partial charge in [-0.15, -0.1) is 0 Å². The number of carboxylic acid groups (broad SMARTS) is 1. The Bertz CT molecular complexity index is 556. The highest BCUT2D eigenvalue weighted by Gasteiger charge is 2.35. The first-order valence-corrected chi connectivity index (χ1v) is 6.61. The van der Waals surface area contributed by atoms with Crippen molar-refractivity contribution in [3.05, 3.63) is 35.4 Å². The fourth-order valence-electron chi connectivity index (χ4n) is 2.28. The molecule has 0 radical (unpaired) electrons. The van der Waals surface area contributed by atoms with Crippen molar-refractivity contribution >= 4 is 12.1 Å². The Kier molecular flexibility index (Phi) is 4.58. The fraction of sp³-hybridized carbons (Fsp3) is 0.429. The largest absolute Gasteiger partial charge is 0.465 e. The van der Waals surface area contributed by atoms with E-state index in [4.69, 9.17) is 9.84 Å². The molecule has 1 heterocycles. The predicted octanol–water partition coefficient (Wildman–Crippen LogP) is 2.89. The molecule has 1 unspecified atom stereocenters. The molecule has 0 bridgehead atoms. The van der Waals surface area contributed by atoms with Gasteiger partial charge in [0.1, 0.15) is 12.6 Å². The van der Waals surface area contributed by atoms with Gasteiger partial charge in [-0.25, -0.2) is 9.59 Å². The van der Waals surface area contributed by atoms with Crippen molar-refractivity contribution in [1.82, 2.24) is 4.90 Å². The van der Waals surface area contributed by atoms with E-state index in [1.165, 1.54) is 12.1 Å². The van der Waals surface area contributed by atoms with E-state index >= 15 is 0 Å². The summed E-state index contributed by atoms with van der Waals surface area (Å²) in [6.07, 6.45) is -4.64. The molecule has 0 saturated carbocycles. The van der Waals surface area contributed by atoms with Crippen LogP contribution in [0, 0.1) is 0 Å². The molecule has 5 nitrogen and oxygen atoms in total. The van der Waals surface area contributed by atoms with Crippen LogP contribution in [0.2, 0.25) is 0 Å². The summed E-state index contributed by atoms with van der Waals surface area (Å²) in [5.74, 6) is -0.681. The number of likely N-dealkylation sites (tertiary alicyclic amines) is 1. The lowest BCUT2D eigenvalue weighted by atomic mass is 10.1. The zero-order valence-corrected chi connectivity index (χ0v) is 11.5. The van der Waals surface area contributed by atoms with Crippen molar-refractivity contribution in [2.45, 2.75) is 31.7 Å². The van der Waals surface area contributed by atoms with Gasteiger partial charge in [-0.2, -0.15) is 13.2 Å². The Morgan fingerprint density at radius 1 is 1.27 bits per heavy atom. The third-order valence-electron chi connectivity index (χ3n) is 3.43. The minimum atomic E-state index is -4.42. The van der Waals surface area contributed by atoms with E-state index in [9.17, 15) is 22.8 Å². The Balaban J connectivity index is 1.92. The van der Waals surface area contributed by atoms with Gasteiger partial charge in [0.15, 0.2) is 0 Å². The van der Waals surface area contributed by atoms with Gasteiger partial charge in [-0.05, 0) is 30.5 Å². The minimum absolute atomic E-state index is 0.194. The molecular weight excluding hydrogens is 303 g/mol. The summed E-state index contributed by atoms with van der Waals surface area (Å²) in [5, 5.41) is 8.94. The molecule has 1 atom stereocenters. The maximum Gasteiger partial charge on any atom is 0.416 e. The molecule has 1 N–H and O–H groups in total. The molecule has 2 rings (SSSR count). The number of carbonyl (C=O) groups excluding carboxylic acids is 1. The second-order valence-electron chi connectivity index (χ2n) is 4.94. The summed E-state index contributed by atoms with van der Waals surface area (Å²) >= 11 is 0. The third-order valence-corrected chi connectivity index (χ3v) is 3.43. The van der Waals surface area contributed by atoms with Crippen molar-refractivity contribution in [2.24, 2.45) is 0 Å². The molecule has 120 valence electrons. The number of ether oxygens (including phenoxy) is 1. The zero-order chi connectivity index (χ0) is 16.3. The first-order valence-electron chi connectivity index (χ1n) is 6.61. The number of hydrogen-bond acceptors (Lipinski definition) is 3. The predicted molar refractivity (Wildman–Crippen MR) is 69.0 cm³/mol. The number of nitrogens with zero attached hydrogens (tertiary/aromatic N) is 1. The van der Waals surface area contributed by atoms with Crippen molar-refractivity contribution in [3.8, 4) is 0 Å². The van der Waals surface area contributed by atoms with Crippen LogP contribution in [-0.2, 0) is 22.3 Å². The van der Waals surface area contributed by atoms with Gasteiger partial charge in [-0.3, -0.25) is 4.90 Å². The summed E-state index contributed by atoms with van der Waals surface area (Å²) in [6, 6.07) is 3.41. The SMILES string of the molecule is O=C(OCc1ccc(C(F)(F)F)cc1)C1CCCN1C(=O)O. The Labute approximate surface area is 124 Å². The van der Waals surface area contributed by atoms with Gasteiger partial charge in [0.25, 0.3) is 0 Å². The van der Waals surface area contributed by atoms with Gasteiger partial charge in [0, 0.05) is 6.54 Å². The number of carbonyl (C=O) groups is 2. The van der Waals surface area contributed by atoms with Gasteiger partial charge >= 0.3 is 18.2 Å². The van der Waals surface area contributed by atoms with Crippen LogP contribution >= 0.6 is 0 Å². The van der Waals surface area contributed by atoms with Gasteiger partial charge < -0.3 is 9.84 Å². The summed E-state index contributed by atoms with van der Waals surface area (Å²) < 4.78 is 42.2. The van der Waals surface area contributed by atoms with E-state index < -0.39 is 29.8 Å². The van der Waals surface area contributed by atoms with E-state index in [2.05, 4.69) is 0 Å². The summed E-state index contributed by atoms with van der Waals surface area (Å²) in [7, 11) is 0. The lowest BCUT2D eigenvalue weighted by Crippen LogP contribution is -2.40. The van der Waals surface area contributed by atoms with Gasteiger partial charge in [-0.1, -0.05) is 12.1 Å². The number of esters is 1. The number of benzene rings is 1. The normalized spacial score (nSPS) is 18.3. The van der Waals surface area contributed by atoms with Crippen LogP contribution in [0.3, 0.4) is 0 Å². The standard InChI is InChI=1S/C14H14F3NO4/c15-14(16,17)10-5-3-9(4-6-10)8-22-12(19)11-2-1-7-18(11)13(20)21/h3-6,11H,1-2,7-8H2,(H,20,21). The average molecular weight is 317 g/mol. The molecule has 1 fully saturated rings. The Morgan fingerprint density at radius 2 is 1.91 bits per heavy atom. The topological polar surface area (TPSA) is 66.8 Å². The quantitative estimate of drug-likeness (QED) is 0.871. The molecule has 0 aliphatic carbocycles. The molecule has 1 aliphatic heterocycles. The van der Waals surface area contributed by atoms with Crippen molar-refractivity contribution in [1.29, 1.82) is 0 Å². The lowest BCUT2D eigenvalue weighted by molar-refractivity contribution is -0.149. The summed E-state index contributed by atoms with van der Waals surface area (Å²) in [6.45, 7) is 0.0797. The number of amides is 1. The van der Waals surface area contributed by atoms with E-state index in [0.29, 0.717) is 18.4 Å². The summed E-state index contributed by atoms with van der Waals surface area (Å²) in [5.41, 5.74) is -0.378. The molecule has 1 amide bonds. The van der Waals surface area contributed by atoms with E-state index in [1.54, 1.807) is 0 Å². The van der Waals surface area contributed by atoms with Gasteiger partial charge in [0.2, 0.25) is 0 Å². The molecule has 0 spiro atoms. The maximum atomic E-state index is 12.4. The Morgan fingerprint density at radius 3 is 2.45 bits per heavy atom. The minimum Gasteiger partial charge on any atom is -0.465 e. The number of alkyl halides is 3. The van der Waals surface area contributed by atoms with E-state index in [1.807, 2.05) is 0 Å². The number of halogens is 3. The highest BCUT2D eigenvalue weighted by Crippen LogP contribution is 2.29.